The van der Waals surface area contributed by atoms with Gasteiger partial charge in [0.05, 0.1) is 12.7 Å². The first-order valence-corrected chi connectivity index (χ1v) is 9.78. The van der Waals surface area contributed by atoms with Gasteiger partial charge in [0, 0.05) is 24.5 Å². The fourth-order valence-corrected chi connectivity index (χ4v) is 3.59. The van der Waals surface area contributed by atoms with Crippen LogP contribution in [0.2, 0.25) is 5.02 Å². The number of ether oxygens (including phenoxy) is 1. The minimum Gasteiger partial charge on any atom is -0.511 e. The number of carboxylic acid groups (broad SMARTS) is 1. The lowest BCUT2D eigenvalue weighted by Crippen LogP contribution is -2.47. The predicted octanol–water partition coefficient (Wildman–Crippen LogP) is 1.88. The van der Waals surface area contributed by atoms with Crippen molar-refractivity contribution in [3.63, 3.8) is 0 Å². The van der Waals surface area contributed by atoms with E-state index < -0.39 is 24.3 Å². The van der Waals surface area contributed by atoms with Crippen LogP contribution in [0.3, 0.4) is 0 Å². The molecular formula is C20H23ClN2O6. The smallest absolute Gasteiger partial charge is 0.322 e. The van der Waals surface area contributed by atoms with Gasteiger partial charge in [-0.15, -0.1) is 0 Å². The number of aliphatic carboxylic acids is 1. The number of carboxylic acids is 1. The largest absolute Gasteiger partial charge is 0.511 e. The zero-order valence-electron chi connectivity index (χ0n) is 15.8. The predicted molar refractivity (Wildman–Crippen MR) is 104 cm³/mol. The Hall–Kier alpha value is -2.58. The van der Waals surface area contributed by atoms with Crippen molar-refractivity contribution in [1.29, 1.82) is 0 Å². The van der Waals surface area contributed by atoms with Gasteiger partial charge < -0.3 is 25.2 Å². The van der Waals surface area contributed by atoms with Crippen LogP contribution in [-0.4, -0.2) is 58.6 Å². The molecule has 0 atom stereocenters. The molecule has 1 heterocycles. The fourth-order valence-electron chi connectivity index (χ4n) is 3.46. The monoisotopic (exact) mass is 422 g/mol. The van der Waals surface area contributed by atoms with E-state index in [1.807, 2.05) is 24.3 Å². The van der Waals surface area contributed by atoms with Gasteiger partial charge in [-0.25, -0.2) is 0 Å². The maximum absolute atomic E-state index is 12.6. The Morgan fingerprint density at radius 1 is 1.24 bits per heavy atom. The van der Waals surface area contributed by atoms with Crippen molar-refractivity contribution < 1.29 is 29.3 Å². The summed E-state index contributed by atoms with van der Waals surface area (Å²) in [7, 11) is 0. The molecule has 2 aliphatic rings. The summed E-state index contributed by atoms with van der Waals surface area (Å²) >= 11 is 5.86. The van der Waals surface area contributed by atoms with Crippen molar-refractivity contribution in [2.75, 3.05) is 19.6 Å². The van der Waals surface area contributed by atoms with Crippen LogP contribution in [0.1, 0.15) is 24.8 Å². The lowest BCUT2D eigenvalue weighted by Gasteiger charge is -2.39. The average molecular weight is 423 g/mol. The van der Waals surface area contributed by atoms with Crippen LogP contribution in [-0.2, 0) is 25.7 Å². The van der Waals surface area contributed by atoms with Crippen molar-refractivity contribution >= 4 is 29.4 Å². The molecule has 0 unspecified atom stereocenters. The molecule has 1 saturated carbocycles. The number of rotatable bonds is 8. The van der Waals surface area contributed by atoms with Gasteiger partial charge in [-0.1, -0.05) is 23.7 Å². The van der Waals surface area contributed by atoms with E-state index in [4.69, 9.17) is 21.4 Å². The molecule has 1 aliphatic heterocycles. The second-order valence-electron chi connectivity index (χ2n) is 7.30. The van der Waals surface area contributed by atoms with E-state index in [-0.39, 0.29) is 29.8 Å². The summed E-state index contributed by atoms with van der Waals surface area (Å²) in [6.45, 7) is 0.690. The van der Waals surface area contributed by atoms with Crippen LogP contribution in [0.4, 0.5) is 0 Å². The van der Waals surface area contributed by atoms with Gasteiger partial charge in [-0.05, 0) is 36.5 Å². The third-order valence-corrected chi connectivity index (χ3v) is 5.36. The molecule has 0 saturated heterocycles. The maximum Gasteiger partial charge on any atom is 0.322 e. The number of carbonyl (C=O) groups is 3. The highest BCUT2D eigenvalue weighted by molar-refractivity contribution is 6.30. The number of aliphatic hydroxyl groups is 1. The molecule has 156 valence electrons. The molecule has 2 amide bonds. The lowest BCUT2D eigenvalue weighted by atomic mass is 9.81. The van der Waals surface area contributed by atoms with Crippen LogP contribution in [0.5, 0.6) is 0 Å². The van der Waals surface area contributed by atoms with Gasteiger partial charge >= 0.3 is 5.97 Å². The average Bonchev–Trinajstić information content (AvgIpc) is 2.65. The summed E-state index contributed by atoms with van der Waals surface area (Å²) < 4.78 is 5.87. The molecule has 29 heavy (non-hydrogen) atoms. The normalized spacial score (nSPS) is 21.7. The first-order valence-electron chi connectivity index (χ1n) is 9.41. The number of hydrogen-bond acceptors (Lipinski definition) is 5. The van der Waals surface area contributed by atoms with E-state index in [1.165, 1.54) is 4.90 Å². The molecule has 3 rings (SSSR count). The molecule has 1 aliphatic carbocycles. The summed E-state index contributed by atoms with van der Waals surface area (Å²) in [4.78, 5) is 36.8. The van der Waals surface area contributed by atoms with Gasteiger partial charge in [-0.2, -0.15) is 0 Å². The Kier molecular flexibility index (Phi) is 6.76. The minimum absolute atomic E-state index is 0.123. The van der Waals surface area contributed by atoms with E-state index in [0.717, 1.165) is 18.4 Å². The molecule has 1 fully saturated rings. The Morgan fingerprint density at radius 2 is 1.93 bits per heavy atom. The SMILES string of the molecule is O=C(O)CNC(=O)C1=C(O)CCN(CC2CC(OCc3ccc(Cl)cc3)C2)C1=O. The fraction of sp³-hybridized carbons (Fsp3) is 0.450. The van der Waals surface area contributed by atoms with Gasteiger partial charge in [0.2, 0.25) is 0 Å². The number of aliphatic hydroxyl groups excluding tert-OH is 1. The molecule has 0 radical (unpaired) electrons. The molecule has 1 aromatic rings. The second-order valence-corrected chi connectivity index (χ2v) is 7.73. The third-order valence-electron chi connectivity index (χ3n) is 5.11. The minimum atomic E-state index is -1.22. The number of benzene rings is 1. The van der Waals surface area contributed by atoms with Crippen LogP contribution in [0, 0.1) is 5.92 Å². The quantitative estimate of drug-likeness (QED) is 0.551. The number of halogens is 1. The topological polar surface area (TPSA) is 116 Å². The number of amides is 2. The summed E-state index contributed by atoms with van der Waals surface area (Å²) in [5, 5.41) is 21.4. The van der Waals surface area contributed by atoms with Crippen LogP contribution < -0.4 is 5.32 Å². The van der Waals surface area contributed by atoms with Crippen molar-refractivity contribution in [1.82, 2.24) is 10.2 Å². The van der Waals surface area contributed by atoms with Crippen molar-refractivity contribution in [2.24, 2.45) is 5.92 Å². The molecule has 3 N–H and O–H groups in total. The summed E-state index contributed by atoms with van der Waals surface area (Å²) in [6, 6.07) is 7.47. The first-order chi connectivity index (χ1) is 13.8. The molecule has 0 spiro atoms. The molecule has 1 aromatic carbocycles. The van der Waals surface area contributed by atoms with Gasteiger partial charge in [0.15, 0.2) is 0 Å². The highest BCUT2D eigenvalue weighted by atomic mass is 35.5. The summed E-state index contributed by atoms with van der Waals surface area (Å²) in [5.41, 5.74) is 0.675. The Labute approximate surface area is 173 Å². The lowest BCUT2D eigenvalue weighted by molar-refractivity contribution is -0.139. The zero-order valence-corrected chi connectivity index (χ0v) is 16.5. The van der Waals surface area contributed by atoms with Gasteiger partial charge in [-0.3, -0.25) is 14.4 Å². The first kappa shape index (κ1) is 21.1. The van der Waals surface area contributed by atoms with Crippen molar-refractivity contribution in [2.45, 2.75) is 32.0 Å². The van der Waals surface area contributed by atoms with Crippen LogP contribution in [0.15, 0.2) is 35.6 Å². The summed E-state index contributed by atoms with van der Waals surface area (Å²) in [5.74, 6) is -2.69. The highest BCUT2D eigenvalue weighted by Crippen LogP contribution is 2.32. The van der Waals surface area contributed by atoms with Gasteiger partial charge in [0.1, 0.15) is 17.9 Å². The van der Waals surface area contributed by atoms with E-state index in [2.05, 4.69) is 5.32 Å². The van der Waals surface area contributed by atoms with E-state index >= 15 is 0 Å². The number of hydrogen-bond donors (Lipinski definition) is 3. The number of carbonyl (C=O) groups excluding carboxylic acids is 2. The Morgan fingerprint density at radius 3 is 2.59 bits per heavy atom. The molecule has 0 aromatic heterocycles. The Bertz CT molecular complexity index is 817. The highest BCUT2D eigenvalue weighted by Gasteiger charge is 2.37. The number of nitrogens with zero attached hydrogens (tertiary/aromatic N) is 1. The maximum atomic E-state index is 12.6. The third kappa shape index (κ3) is 5.48. The molecule has 9 heteroatoms. The molecule has 0 bridgehead atoms. The summed E-state index contributed by atoms with van der Waals surface area (Å²) in [6.07, 6.45) is 1.92. The van der Waals surface area contributed by atoms with Crippen molar-refractivity contribution in [3.05, 3.63) is 46.2 Å². The Balaban J connectivity index is 1.45. The number of nitrogens with one attached hydrogen (secondary N) is 1. The van der Waals surface area contributed by atoms with Crippen LogP contribution >= 0.6 is 11.6 Å². The van der Waals surface area contributed by atoms with Crippen LogP contribution in [0.25, 0.3) is 0 Å². The van der Waals surface area contributed by atoms with E-state index in [9.17, 15) is 19.5 Å². The standard InChI is InChI=1S/C20H23ClN2O6/c21-14-3-1-12(2-4-14)11-29-15-7-13(8-15)10-23-6-5-16(24)18(20(23)28)19(27)22-9-17(25)26/h1-4,13,15,24H,5-11H2,(H,22,27)(H,25,26). The second kappa shape index (κ2) is 9.28. The van der Waals surface area contributed by atoms with E-state index in [0.29, 0.717) is 24.7 Å². The molecular weight excluding hydrogens is 400 g/mol. The van der Waals surface area contributed by atoms with Crippen molar-refractivity contribution in [3.8, 4) is 0 Å². The van der Waals surface area contributed by atoms with E-state index in [1.54, 1.807) is 0 Å². The molecule has 8 nitrogen and oxygen atoms in total. The van der Waals surface area contributed by atoms with Gasteiger partial charge in [0.25, 0.3) is 11.8 Å². The zero-order chi connectivity index (χ0) is 21.0.